The van der Waals surface area contributed by atoms with Crippen LogP contribution in [0.5, 0.6) is 0 Å². The molecule has 1 atom stereocenters. The van der Waals surface area contributed by atoms with Crippen LogP contribution in [0.15, 0.2) is 0 Å². The Morgan fingerprint density at radius 3 is 2.43 bits per heavy atom. The first kappa shape index (κ1) is 17.2. The predicted molar refractivity (Wildman–Crippen MR) is 79.8 cm³/mol. The van der Waals surface area contributed by atoms with Gasteiger partial charge in [0.1, 0.15) is 5.00 Å². The molecule has 6 nitrogen and oxygen atoms in total. The average molecular weight is 313 g/mol. The van der Waals surface area contributed by atoms with Crippen molar-refractivity contribution < 1.29 is 24.2 Å². The maximum atomic E-state index is 11.9. The zero-order chi connectivity index (χ0) is 16.2. The highest BCUT2D eigenvalue weighted by molar-refractivity contribution is 7.16. The molecule has 1 rings (SSSR count). The molecule has 7 heteroatoms. The van der Waals surface area contributed by atoms with Gasteiger partial charge in [0.25, 0.3) is 0 Å². The first-order valence-corrected chi connectivity index (χ1v) is 7.27. The van der Waals surface area contributed by atoms with Gasteiger partial charge in [-0.25, -0.2) is 4.79 Å². The zero-order valence-corrected chi connectivity index (χ0v) is 13.3. The fourth-order valence-electron chi connectivity index (χ4n) is 1.93. The molecular weight excluding hydrogens is 294 g/mol. The number of carboxylic acids is 1. The third-order valence-electron chi connectivity index (χ3n) is 3.08. The molecule has 0 aliphatic rings. The van der Waals surface area contributed by atoms with Crippen LogP contribution in [0.3, 0.4) is 0 Å². The maximum Gasteiger partial charge on any atom is 0.341 e. The van der Waals surface area contributed by atoms with Gasteiger partial charge < -0.3 is 15.2 Å². The van der Waals surface area contributed by atoms with Crippen LogP contribution in [0, 0.1) is 19.8 Å². The molecular formula is C14H19NO5S. The molecule has 1 aromatic rings. The minimum atomic E-state index is -0.937. The van der Waals surface area contributed by atoms with Crippen molar-refractivity contribution in [2.45, 2.75) is 33.6 Å². The van der Waals surface area contributed by atoms with E-state index in [1.807, 2.05) is 6.92 Å². The summed E-state index contributed by atoms with van der Waals surface area (Å²) in [7, 11) is 1.29. The van der Waals surface area contributed by atoms with Gasteiger partial charge in [-0.3, -0.25) is 9.59 Å². The number of ether oxygens (including phenoxy) is 1. The van der Waals surface area contributed by atoms with E-state index in [9.17, 15) is 14.4 Å². The van der Waals surface area contributed by atoms with Gasteiger partial charge in [-0.1, -0.05) is 6.92 Å². The highest BCUT2D eigenvalue weighted by Crippen LogP contribution is 2.33. The molecule has 0 aliphatic heterocycles. The molecule has 0 aromatic carbocycles. The fraction of sp³-hybridized carbons (Fsp3) is 0.500. The molecule has 0 unspecified atom stereocenters. The van der Waals surface area contributed by atoms with Crippen molar-refractivity contribution in [3.63, 3.8) is 0 Å². The monoisotopic (exact) mass is 313 g/mol. The van der Waals surface area contributed by atoms with E-state index in [1.54, 1.807) is 13.8 Å². The van der Waals surface area contributed by atoms with Crippen molar-refractivity contribution in [1.82, 2.24) is 0 Å². The first-order valence-electron chi connectivity index (χ1n) is 6.46. The summed E-state index contributed by atoms with van der Waals surface area (Å²) in [5.41, 5.74) is 1.14. The molecule has 0 fully saturated rings. The summed E-state index contributed by atoms with van der Waals surface area (Å²) in [5.74, 6) is -2.01. The summed E-state index contributed by atoms with van der Waals surface area (Å²) < 4.78 is 4.73. The number of hydrogen-bond donors (Lipinski definition) is 2. The van der Waals surface area contributed by atoms with E-state index in [1.165, 1.54) is 18.4 Å². The number of anilines is 1. The Bertz CT molecular complexity index is 564. The number of rotatable bonds is 6. The van der Waals surface area contributed by atoms with Crippen molar-refractivity contribution in [3.05, 3.63) is 16.0 Å². The third kappa shape index (κ3) is 4.56. The lowest BCUT2D eigenvalue weighted by atomic mass is 10.0. The molecule has 1 heterocycles. The second-order valence-electron chi connectivity index (χ2n) is 4.93. The Kier molecular flexibility index (Phi) is 5.90. The lowest BCUT2D eigenvalue weighted by molar-refractivity contribution is -0.138. The van der Waals surface area contributed by atoms with E-state index in [4.69, 9.17) is 9.84 Å². The standard InChI is InChI=1S/C14H19NO5S/c1-7(6-11(17)18)5-10(16)15-13-12(14(19)20-4)8(2)9(3)21-13/h7H,5-6H2,1-4H3,(H,15,16)(H,17,18)/t7-/m1/s1. The number of amides is 1. The Morgan fingerprint density at radius 1 is 1.29 bits per heavy atom. The molecule has 0 saturated carbocycles. The maximum absolute atomic E-state index is 11.9. The summed E-state index contributed by atoms with van der Waals surface area (Å²) in [6.07, 6.45) is 0.0166. The largest absolute Gasteiger partial charge is 0.481 e. The van der Waals surface area contributed by atoms with Crippen molar-refractivity contribution >= 4 is 34.2 Å². The lowest BCUT2D eigenvalue weighted by Gasteiger charge is -2.09. The molecule has 1 aromatic heterocycles. The number of carboxylic acid groups (broad SMARTS) is 1. The summed E-state index contributed by atoms with van der Waals surface area (Å²) >= 11 is 1.30. The number of aliphatic carboxylic acids is 1. The SMILES string of the molecule is COC(=O)c1c(NC(=O)C[C@@H](C)CC(=O)O)sc(C)c1C. The van der Waals surface area contributed by atoms with E-state index in [0.717, 1.165) is 10.4 Å². The van der Waals surface area contributed by atoms with Crippen LogP contribution in [0.1, 0.15) is 40.6 Å². The van der Waals surface area contributed by atoms with Crippen LogP contribution in [-0.2, 0) is 14.3 Å². The van der Waals surface area contributed by atoms with Crippen molar-refractivity contribution in [2.75, 3.05) is 12.4 Å². The summed E-state index contributed by atoms with van der Waals surface area (Å²) in [5, 5.41) is 11.8. The van der Waals surface area contributed by atoms with E-state index in [2.05, 4.69) is 5.32 Å². The third-order valence-corrected chi connectivity index (χ3v) is 4.21. The van der Waals surface area contributed by atoms with Crippen LogP contribution in [0.2, 0.25) is 0 Å². The van der Waals surface area contributed by atoms with Gasteiger partial charge in [-0.05, 0) is 25.3 Å². The Hall–Kier alpha value is -1.89. The van der Waals surface area contributed by atoms with Crippen molar-refractivity contribution in [1.29, 1.82) is 0 Å². The van der Waals surface area contributed by atoms with E-state index < -0.39 is 11.9 Å². The highest BCUT2D eigenvalue weighted by Gasteiger charge is 2.22. The quantitative estimate of drug-likeness (QED) is 0.787. The average Bonchev–Trinajstić information content (AvgIpc) is 2.62. The second-order valence-corrected chi connectivity index (χ2v) is 6.16. The second kappa shape index (κ2) is 7.21. The summed E-state index contributed by atoms with van der Waals surface area (Å²) in [6.45, 7) is 5.34. The van der Waals surface area contributed by atoms with Gasteiger partial charge in [-0.2, -0.15) is 0 Å². The van der Waals surface area contributed by atoms with Crippen LogP contribution in [0.25, 0.3) is 0 Å². The van der Waals surface area contributed by atoms with Crippen molar-refractivity contribution in [2.24, 2.45) is 5.92 Å². The minimum Gasteiger partial charge on any atom is -0.481 e. The zero-order valence-electron chi connectivity index (χ0n) is 12.5. The van der Waals surface area contributed by atoms with Gasteiger partial charge in [0.05, 0.1) is 12.7 Å². The fourth-order valence-corrected chi connectivity index (χ4v) is 2.99. The summed E-state index contributed by atoms with van der Waals surface area (Å²) in [6, 6.07) is 0. The number of thiophene rings is 1. The van der Waals surface area contributed by atoms with Gasteiger partial charge in [0.15, 0.2) is 0 Å². The number of carbonyl (C=O) groups is 3. The normalized spacial score (nSPS) is 11.8. The smallest absolute Gasteiger partial charge is 0.341 e. The molecule has 1 amide bonds. The number of carbonyl (C=O) groups excluding carboxylic acids is 2. The molecule has 0 aliphatic carbocycles. The molecule has 0 spiro atoms. The van der Waals surface area contributed by atoms with Crippen LogP contribution >= 0.6 is 11.3 Å². The van der Waals surface area contributed by atoms with Gasteiger partial charge in [0.2, 0.25) is 5.91 Å². The predicted octanol–water partition coefficient (Wildman–Crippen LogP) is 2.59. The van der Waals surface area contributed by atoms with Crippen molar-refractivity contribution in [3.8, 4) is 0 Å². The van der Waals surface area contributed by atoms with E-state index >= 15 is 0 Å². The molecule has 2 N–H and O–H groups in total. The molecule has 0 saturated heterocycles. The highest BCUT2D eigenvalue weighted by atomic mass is 32.1. The van der Waals surface area contributed by atoms with Crippen LogP contribution < -0.4 is 5.32 Å². The lowest BCUT2D eigenvalue weighted by Crippen LogP contribution is -2.18. The topological polar surface area (TPSA) is 92.7 Å². The number of aryl methyl sites for hydroxylation is 1. The molecule has 0 bridgehead atoms. The molecule has 116 valence electrons. The number of nitrogens with one attached hydrogen (secondary N) is 1. The number of hydrogen-bond acceptors (Lipinski definition) is 5. The molecule has 0 radical (unpaired) electrons. The van der Waals surface area contributed by atoms with Gasteiger partial charge in [0, 0.05) is 17.7 Å². The minimum absolute atomic E-state index is 0.0697. The van der Waals surface area contributed by atoms with E-state index in [0.29, 0.717) is 10.6 Å². The Morgan fingerprint density at radius 2 is 1.90 bits per heavy atom. The number of methoxy groups -OCH3 is 1. The first-order chi connectivity index (χ1) is 9.76. The number of esters is 1. The Labute approximate surface area is 127 Å². The van der Waals surface area contributed by atoms with E-state index in [-0.39, 0.29) is 24.7 Å². The van der Waals surface area contributed by atoms with Crippen LogP contribution in [-0.4, -0.2) is 30.1 Å². The Balaban J connectivity index is 2.83. The summed E-state index contributed by atoms with van der Waals surface area (Å²) in [4.78, 5) is 35.2. The van der Waals surface area contributed by atoms with Crippen LogP contribution in [0.4, 0.5) is 5.00 Å². The van der Waals surface area contributed by atoms with Gasteiger partial charge in [-0.15, -0.1) is 11.3 Å². The molecule has 21 heavy (non-hydrogen) atoms. The van der Waals surface area contributed by atoms with Gasteiger partial charge >= 0.3 is 11.9 Å².